The lowest BCUT2D eigenvalue weighted by molar-refractivity contribution is 0.122. The van der Waals surface area contributed by atoms with Crippen LogP contribution in [0.1, 0.15) is 16.7 Å². The third-order valence-electron chi connectivity index (χ3n) is 5.29. The number of benzene rings is 2. The zero-order valence-corrected chi connectivity index (χ0v) is 17.1. The van der Waals surface area contributed by atoms with Crippen LogP contribution in [0.5, 0.6) is 0 Å². The van der Waals surface area contributed by atoms with Crippen LogP contribution in [0.2, 0.25) is 0 Å². The third-order valence-corrected chi connectivity index (χ3v) is 6.61. The van der Waals surface area contributed by atoms with E-state index in [9.17, 15) is 13.5 Å². The number of hydrogen-bond donors (Lipinski definition) is 2. The van der Waals surface area contributed by atoms with Crippen molar-refractivity contribution < 1.29 is 13.5 Å². The van der Waals surface area contributed by atoms with E-state index in [1.54, 1.807) is 0 Å². The lowest BCUT2D eigenvalue weighted by Gasteiger charge is -2.34. The Hall–Kier alpha value is -2.55. The van der Waals surface area contributed by atoms with Crippen molar-refractivity contribution in [3.8, 4) is 0 Å². The summed E-state index contributed by atoms with van der Waals surface area (Å²) in [6, 6.07) is 18.6. The molecule has 2 aliphatic rings. The third kappa shape index (κ3) is 5.09. The summed E-state index contributed by atoms with van der Waals surface area (Å²) in [4.78, 5) is 4.94. The van der Waals surface area contributed by atoms with Crippen molar-refractivity contribution in [3.05, 3.63) is 83.4 Å². The van der Waals surface area contributed by atoms with Gasteiger partial charge in [0.25, 0.3) is 0 Å². The van der Waals surface area contributed by atoms with Crippen molar-refractivity contribution in [1.29, 1.82) is 0 Å². The van der Waals surface area contributed by atoms with Gasteiger partial charge in [0, 0.05) is 39.3 Å². The Morgan fingerprint density at radius 3 is 1.72 bits per heavy atom. The summed E-state index contributed by atoms with van der Waals surface area (Å²) in [5.74, 6) is -0.354. The lowest BCUT2D eigenvalue weighted by atomic mass is 10.1. The molecular formula is C21H26N4O3S. The fourth-order valence-corrected chi connectivity index (χ4v) is 4.68. The summed E-state index contributed by atoms with van der Waals surface area (Å²) in [6.45, 7) is 6.28. The molecule has 154 valence electrons. The minimum atomic E-state index is -3.67. The highest BCUT2D eigenvalue weighted by molar-refractivity contribution is 7.87. The zero-order valence-electron chi connectivity index (χ0n) is 16.2. The number of aliphatic hydroxyl groups excluding tert-OH is 1. The predicted octanol–water partition coefficient (Wildman–Crippen LogP) is 2.01. The van der Waals surface area contributed by atoms with Crippen LogP contribution >= 0.6 is 0 Å². The van der Waals surface area contributed by atoms with E-state index in [0.29, 0.717) is 0 Å². The molecule has 0 spiro atoms. The van der Waals surface area contributed by atoms with E-state index in [1.165, 1.54) is 17.3 Å². The molecule has 8 heteroatoms. The maximum absolute atomic E-state index is 11.8. The molecule has 0 aromatic heterocycles. The molecule has 0 radical (unpaired) electrons. The summed E-state index contributed by atoms with van der Waals surface area (Å²) >= 11 is 0. The van der Waals surface area contributed by atoms with E-state index in [2.05, 4.69) is 38.8 Å². The number of nitrogens with one attached hydrogen (secondary N) is 1. The van der Waals surface area contributed by atoms with Crippen molar-refractivity contribution in [2.75, 3.05) is 26.2 Å². The number of piperazine rings is 1. The van der Waals surface area contributed by atoms with Gasteiger partial charge in [-0.05, 0) is 16.7 Å². The number of aliphatic hydroxyl groups is 1. The predicted molar refractivity (Wildman–Crippen MR) is 112 cm³/mol. The molecule has 2 N–H and O–H groups in total. The van der Waals surface area contributed by atoms with Crippen molar-refractivity contribution in [2.45, 2.75) is 19.6 Å². The Bertz CT molecular complexity index is 953. The topological polar surface area (TPSA) is 76.1 Å². The van der Waals surface area contributed by atoms with Crippen LogP contribution in [-0.2, 0) is 29.8 Å². The van der Waals surface area contributed by atoms with Gasteiger partial charge in [-0.1, -0.05) is 54.6 Å². The van der Waals surface area contributed by atoms with Crippen LogP contribution < -0.4 is 4.72 Å². The molecule has 0 unspecified atom stereocenters. The first-order valence-corrected chi connectivity index (χ1v) is 11.2. The highest BCUT2D eigenvalue weighted by Gasteiger charge is 2.27. The van der Waals surface area contributed by atoms with Gasteiger partial charge in [0.05, 0.1) is 12.7 Å². The summed E-state index contributed by atoms with van der Waals surface area (Å²) in [6.07, 6.45) is 1.19. The molecule has 4 rings (SSSR count). The second-order valence-electron chi connectivity index (χ2n) is 7.52. The molecule has 1 fully saturated rings. The first-order valence-electron chi connectivity index (χ1n) is 9.75. The quantitative estimate of drug-likeness (QED) is 0.756. The Morgan fingerprint density at radius 2 is 1.24 bits per heavy atom. The van der Waals surface area contributed by atoms with Crippen LogP contribution in [0.4, 0.5) is 0 Å². The maximum atomic E-state index is 11.8. The van der Waals surface area contributed by atoms with Gasteiger partial charge in [-0.25, -0.2) is 4.72 Å². The minimum absolute atomic E-state index is 0.192. The van der Waals surface area contributed by atoms with E-state index in [-0.39, 0.29) is 12.4 Å². The molecule has 2 aromatic carbocycles. The van der Waals surface area contributed by atoms with Gasteiger partial charge < -0.3 is 5.11 Å². The van der Waals surface area contributed by atoms with Gasteiger partial charge in [0.2, 0.25) is 5.88 Å². The van der Waals surface area contributed by atoms with Crippen molar-refractivity contribution in [2.24, 2.45) is 0 Å². The fraction of sp³-hybridized carbons (Fsp3) is 0.333. The van der Waals surface area contributed by atoms with Gasteiger partial charge in [-0.3, -0.25) is 14.1 Å². The van der Waals surface area contributed by atoms with Gasteiger partial charge >= 0.3 is 10.2 Å². The van der Waals surface area contributed by atoms with E-state index in [0.717, 1.165) is 49.1 Å². The normalized spacial score (nSPS) is 19.7. The van der Waals surface area contributed by atoms with E-state index < -0.39 is 10.2 Å². The van der Waals surface area contributed by atoms with Crippen molar-refractivity contribution >= 4 is 10.2 Å². The van der Waals surface area contributed by atoms with Crippen LogP contribution in [-0.4, -0.2) is 53.8 Å². The Kier molecular flexibility index (Phi) is 5.75. The maximum Gasteiger partial charge on any atom is 0.326 e. The first kappa shape index (κ1) is 19.8. The number of rotatable bonds is 6. The molecule has 0 atom stereocenters. The lowest BCUT2D eigenvalue weighted by Crippen LogP contribution is -2.45. The molecule has 7 nitrogen and oxygen atoms in total. The molecule has 2 heterocycles. The standard InChI is InChI=1S/C21H26N4O3S/c26-21-17-25(29(27,28)22-21)16-20-8-6-19(7-9-20)15-24-12-10-23(11-13-24)14-18-4-2-1-3-5-18/h1-9,17,22,26H,10-16H2. The largest absolute Gasteiger partial charge is 0.493 e. The van der Waals surface area contributed by atoms with E-state index >= 15 is 0 Å². The number of nitrogens with zero attached hydrogens (tertiary/aromatic N) is 3. The number of hydrogen-bond acceptors (Lipinski definition) is 5. The summed E-state index contributed by atoms with van der Waals surface area (Å²) < 4.78 is 26.8. The average Bonchev–Trinajstić information content (AvgIpc) is 2.97. The molecule has 0 bridgehead atoms. The molecular weight excluding hydrogens is 388 g/mol. The SMILES string of the molecule is O=S1(=O)NC(O)=CN1Cc1ccc(CN2CCN(Cc3ccccc3)CC2)cc1. The van der Waals surface area contributed by atoms with Gasteiger partial charge in [0.1, 0.15) is 0 Å². The first-order chi connectivity index (χ1) is 14.0. The second-order valence-corrected chi connectivity index (χ2v) is 9.14. The molecule has 29 heavy (non-hydrogen) atoms. The summed E-state index contributed by atoms with van der Waals surface area (Å²) in [5, 5.41) is 9.36. The highest BCUT2D eigenvalue weighted by atomic mass is 32.2. The van der Waals surface area contributed by atoms with Gasteiger partial charge in [-0.2, -0.15) is 8.42 Å². The van der Waals surface area contributed by atoms with Crippen LogP contribution in [0.15, 0.2) is 66.7 Å². The van der Waals surface area contributed by atoms with Crippen LogP contribution in [0.25, 0.3) is 0 Å². The molecule has 0 amide bonds. The smallest absolute Gasteiger partial charge is 0.326 e. The fourth-order valence-electron chi connectivity index (χ4n) is 3.69. The van der Waals surface area contributed by atoms with Gasteiger partial charge in [0.15, 0.2) is 0 Å². The average molecular weight is 415 g/mol. The van der Waals surface area contributed by atoms with Gasteiger partial charge in [-0.15, -0.1) is 0 Å². The molecule has 0 saturated carbocycles. The Morgan fingerprint density at radius 1 is 0.759 bits per heavy atom. The van der Waals surface area contributed by atoms with E-state index in [4.69, 9.17) is 0 Å². The molecule has 2 aliphatic heterocycles. The molecule has 1 saturated heterocycles. The zero-order chi connectivity index (χ0) is 20.3. The highest BCUT2D eigenvalue weighted by Crippen LogP contribution is 2.17. The van der Waals surface area contributed by atoms with E-state index in [1.807, 2.05) is 30.3 Å². The molecule has 2 aromatic rings. The Balaban J connectivity index is 1.26. The minimum Gasteiger partial charge on any atom is -0.493 e. The molecule has 0 aliphatic carbocycles. The Labute approximate surface area is 172 Å². The van der Waals surface area contributed by atoms with Crippen LogP contribution in [0.3, 0.4) is 0 Å². The monoisotopic (exact) mass is 414 g/mol. The second kappa shape index (κ2) is 8.44. The summed E-state index contributed by atoms with van der Waals surface area (Å²) in [7, 11) is -3.67. The van der Waals surface area contributed by atoms with Crippen molar-refractivity contribution in [3.63, 3.8) is 0 Å². The van der Waals surface area contributed by atoms with Crippen molar-refractivity contribution in [1.82, 2.24) is 18.8 Å². The summed E-state index contributed by atoms with van der Waals surface area (Å²) in [5.41, 5.74) is 3.44. The van der Waals surface area contributed by atoms with Crippen LogP contribution in [0, 0.1) is 0 Å².